The Labute approximate surface area is 113 Å². The minimum Gasteiger partial charge on any atom is -0.390 e. The molecule has 1 fully saturated rings. The second-order valence-corrected chi connectivity index (χ2v) is 5.31. The topological polar surface area (TPSA) is 39.6 Å². The van der Waals surface area contributed by atoms with Crippen LogP contribution in [-0.4, -0.2) is 48.2 Å². The molecule has 1 aromatic rings. The summed E-state index contributed by atoms with van der Waals surface area (Å²) in [4.78, 5) is 8.96. The van der Waals surface area contributed by atoms with E-state index in [-0.39, 0.29) is 6.61 Å². The van der Waals surface area contributed by atoms with E-state index in [0.29, 0.717) is 16.8 Å². The van der Waals surface area contributed by atoms with Gasteiger partial charge < -0.3 is 14.9 Å². The van der Waals surface area contributed by atoms with Gasteiger partial charge in [-0.15, -0.1) is 0 Å². The number of likely N-dealkylation sites (tertiary alicyclic amines) is 1. The van der Waals surface area contributed by atoms with Crippen molar-refractivity contribution in [3.05, 3.63) is 22.8 Å². The number of halogens is 1. The van der Waals surface area contributed by atoms with E-state index in [0.717, 1.165) is 31.7 Å². The van der Waals surface area contributed by atoms with Crippen LogP contribution in [0.2, 0.25) is 5.02 Å². The van der Waals surface area contributed by atoms with Crippen molar-refractivity contribution >= 4 is 17.4 Å². The Morgan fingerprint density at radius 2 is 2.11 bits per heavy atom. The number of aliphatic hydroxyl groups is 1. The summed E-state index contributed by atoms with van der Waals surface area (Å²) in [6.07, 6.45) is 2.29. The maximum absolute atomic E-state index is 9.20. The maximum atomic E-state index is 9.20. The van der Waals surface area contributed by atoms with Gasteiger partial charge in [-0.1, -0.05) is 11.6 Å². The molecule has 0 atom stereocenters. The molecule has 1 saturated heterocycles. The number of hydrogen-bond acceptors (Lipinski definition) is 4. The van der Waals surface area contributed by atoms with Gasteiger partial charge in [-0.25, -0.2) is 4.98 Å². The molecule has 0 aliphatic carbocycles. The number of anilines is 1. The molecule has 2 rings (SSSR count). The van der Waals surface area contributed by atoms with E-state index in [1.54, 1.807) is 6.07 Å². The Kier molecular flexibility index (Phi) is 4.43. The molecule has 4 nitrogen and oxygen atoms in total. The highest BCUT2D eigenvalue weighted by molar-refractivity contribution is 6.31. The fourth-order valence-electron chi connectivity index (χ4n) is 2.35. The predicted octanol–water partition coefficient (Wildman–Crippen LogP) is 1.76. The fourth-order valence-corrected chi connectivity index (χ4v) is 2.51. The van der Waals surface area contributed by atoms with Crippen LogP contribution in [0.5, 0.6) is 0 Å². The van der Waals surface area contributed by atoms with Gasteiger partial charge >= 0.3 is 0 Å². The molecule has 0 radical (unpaired) electrons. The van der Waals surface area contributed by atoms with Crippen LogP contribution in [0.25, 0.3) is 0 Å². The molecule has 0 unspecified atom stereocenters. The number of aliphatic hydroxyl groups excluding tert-OH is 1. The van der Waals surface area contributed by atoms with Crippen LogP contribution in [0.15, 0.2) is 12.1 Å². The molecule has 1 N–H and O–H groups in total. The molecule has 0 bridgehead atoms. The molecule has 0 aromatic carbocycles. The summed E-state index contributed by atoms with van der Waals surface area (Å²) in [5.41, 5.74) is 0.550. The van der Waals surface area contributed by atoms with Crippen LogP contribution in [0.3, 0.4) is 0 Å². The molecule has 18 heavy (non-hydrogen) atoms. The summed E-state index contributed by atoms with van der Waals surface area (Å²) in [7, 11) is 4.22. The highest BCUT2D eigenvalue weighted by atomic mass is 35.5. The molecule has 0 amide bonds. The standard InChI is InChI=1S/C13H20ClN3O/c1-16-7-5-10(6-8-16)17(2)13-4-3-11(14)12(9-18)15-13/h3-4,10,18H,5-9H2,1-2H3. The molecule has 1 aliphatic rings. The van der Waals surface area contributed by atoms with Crippen molar-refractivity contribution in [1.82, 2.24) is 9.88 Å². The second kappa shape index (κ2) is 5.87. The lowest BCUT2D eigenvalue weighted by Gasteiger charge is -2.35. The molecule has 5 heteroatoms. The first-order valence-corrected chi connectivity index (χ1v) is 6.67. The summed E-state index contributed by atoms with van der Waals surface area (Å²) in [6.45, 7) is 2.12. The summed E-state index contributed by atoms with van der Waals surface area (Å²) in [6, 6.07) is 4.24. The average molecular weight is 270 g/mol. The van der Waals surface area contributed by atoms with Crippen LogP contribution >= 0.6 is 11.6 Å². The van der Waals surface area contributed by atoms with Gasteiger partial charge in [0.25, 0.3) is 0 Å². The minimum absolute atomic E-state index is 0.117. The van der Waals surface area contributed by atoms with Crippen LogP contribution in [0.1, 0.15) is 18.5 Å². The molecule has 1 aromatic heterocycles. The third kappa shape index (κ3) is 2.94. The zero-order valence-electron chi connectivity index (χ0n) is 10.9. The largest absolute Gasteiger partial charge is 0.390 e. The number of pyridine rings is 1. The molecular weight excluding hydrogens is 250 g/mol. The Balaban J connectivity index is 2.10. The highest BCUT2D eigenvalue weighted by Crippen LogP contribution is 2.23. The zero-order valence-corrected chi connectivity index (χ0v) is 11.7. The quantitative estimate of drug-likeness (QED) is 0.908. The van der Waals surface area contributed by atoms with Gasteiger partial charge in [0.05, 0.1) is 17.3 Å². The van der Waals surface area contributed by atoms with Gasteiger partial charge in [-0.3, -0.25) is 0 Å². The van der Waals surface area contributed by atoms with Crippen LogP contribution in [-0.2, 0) is 6.61 Å². The van der Waals surface area contributed by atoms with Gasteiger partial charge in [0, 0.05) is 13.1 Å². The van der Waals surface area contributed by atoms with Gasteiger partial charge in [0.15, 0.2) is 0 Å². The summed E-state index contributed by atoms with van der Waals surface area (Å²) in [5, 5.41) is 9.72. The predicted molar refractivity (Wildman–Crippen MR) is 74.1 cm³/mol. The monoisotopic (exact) mass is 269 g/mol. The fraction of sp³-hybridized carbons (Fsp3) is 0.615. The van der Waals surface area contributed by atoms with Crippen molar-refractivity contribution in [3.8, 4) is 0 Å². The third-order valence-electron chi connectivity index (χ3n) is 3.65. The average Bonchev–Trinajstić information content (AvgIpc) is 2.39. The van der Waals surface area contributed by atoms with Crippen molar-refractivity contribution < 1.29 is 5.11 Å². The molecule has 100 valence electrons. The first kappa shape index (κ1) is 13.6. The Morgan fingerprint density at radius 1 is 1.44 bits per heavy atom. The minimum atomic E-state index is -0.117. The third-order valence-corrected chi connectivity index (χ3v) is 4.00. The van der Waals surface area contributed by atoms with Gasteiger partial charge in [0.2, 0.25) is 0 Å². The number of aromatic nitrogens is 1. The number of rotatable bonds is 3. The Morgan fingerprint density at radius 3 is 2.72 bits per heavy atom. The van der Waals surface area contributed by atoms with E-state index in [4.69, 9.17) is 11.6 Å². The van der Waals surface area contributed by atoms with Crippen molar-refractivity contribution in [2.75, 3.05) is 32.1 Å². The van der Waals surface area contributed by atoms with E-state index in [9.17, 15) is 5.11 Å². The van der Waals surface area contributed by atoms with Gasteiger partial charge in [-0.2, -0.15) is 0 Å². The van der Waals surface area contributed by atoms with Crippen LogP contribution in [0, 0.1) is 0 Å². The lowest BCUT2D eigenvalue weighted by molar-refractivity contribution is 0.252. The molecule has 0 saturated carbocycles. The summed E-state index contributed by atoms with van der Waals surface area (Å²) >= 11 is 5.96. The second-order valence-electron chi connectivity index (χ2n) is 4.90. The van der Waals surface area contributed by atoms with Crippen molar-refractivity contribution in [2.24, 2.45) is 0 Å². The van der Waals surface area contributed by atoms with E-state index in [1.165, 1.54) is 0 Å². The van der Waals surface area contributed by atoms with Gasteiger partial charge in [-0.05, 0) is 45.1 Å². The molecular formula is C13H20ClN3O. The van der Waals surface area contributed by atoms with Crippen molar-refractivity contribution in [2.45, 2.75) is 25.5 Å². The smallest absolute Gasteiger partial charge is 0.129 e. The highest BCUT2D eigenvalue weighted by Gasteiger charge is 2.21. The molecule has 1 aliphatic heterocycles. The van der Waals surface area contributed by atoms with E-state index in [1.807, 2.05) is 6.07 Å². The van der Waals surface area contributed by atoms with E-state index in [2.05, 4.69) is 28.9 Å². The molecule has 2 heterocycles. The number of nitrogens with zero attached hydrogens (tertiary/aromatic N) is 3. The van der Waals surface area contributed by atoms with Crippen molar-refractivity contribution in [3.63, 3.8) is 0 Å². The summed E-state index contributed by atoms with van der Waals surface area (Å²) in [5.74, 6) is 0.887. The van der Waals surface area contributed by atoms with E-state index >= 15 is 0 Å². The lowest BCUT2D eigenvalue weighted by atomic mass is 10.0. The lowest BCUT2D eigenvalue weighted by Crippen LogP contribution is -2.42. The first-order chi connectivity index (χ1) is 8.61. The van der Waals surface area contributed by atoms with Gasteiger partial charge in [0.1, 0.15) is 5.82 Å². The van der Waals surface area contributed by atoms with E-state index < -0.39 is 0 Å². The molecule has 0 spiro atoms. The first-order valence-electron chi connectivity index (χ1n) is 6.29. The number of hydrogen-bond donors (Lipinski definition) is 1. The zero-order chi connectivity index (χ0) is 13.1. The SMILES string of the molecule is CN1CCC(N(C)c2ccc(Cl)c(CO)n2)CC1. The van der Waals surface area contributed by atoms with Crippen LogP contribution < -0.4 is 4.90 Å². The Hall–Kier alpha value is -0.840. The van der Waals surface area contributed by atoms with Crippen LogP contribution in [0.4, 0.5) is 5.82 Å². The maximum Gasteiger partial charge on any atom is 0.129 e. The Bertz CT molecular complexity index is 405. The summed E-state index contributed by atoms with van der Waals surface area (Å²) < 4.78 is 0. The number of piperidine rings is 1. The normalized spacial score (nSPS) is 18.0. The van der Waals surface area contributed by atoms with Crippen molar-refractivity contribution in [1.29, 1.82) is 0 Å².